The summed E-state index contributed by atoms with van der Waals surface area (Å²) in [7, 11) is -4.11. The third kappa shape index (κ3) is 3.08. The number of nitrogens with zero attached hydrogens (tertiary/aromatic N) is 1. The highest BCUT2D eigenvalue weighted by Gasteiger charge is 2.37. The SMILES string of the molecule is O=S(=O)(NC1(CO)CCOCC1)c1ncccc1F. The van der Waals surface area contributed by atoms with E-state index < -0.39 is 26.4 Å². The molecule has 0 saturated carbocycles. The molecule has 0 aliphatic carbocycles. The normalized spacial score (nSPS) is 19.3. The number of ether oxygens (including phenoxy) is 1. The Labute approximate surface area is 110 Å². The highest BCUT2D eigenvalue weighted by Crippen LogP contribution is 2.23. The maximum atomic E-state index is 13.5. The minimum atomic E-state index is -4.11. The standard InChI is InChI=1S/C11H15FN2O4S/c12-9-2-1-5-13-10(9)19(16,17)14-11(8-15)3-6-18-7-4-11/h1-2,5,14-15H,3-4,6-8H2. The topological polar surface area (TPSA) is 88.5 Å². The molecule has 1 aromatic heterocycles. The van der Waals surface area contributed by atoms with E-state index in [4.69, 9.17) is 4.74 Å². The lowest BCUT2D eigenvalue weighted by atomic mass is 9.93. The molecule has 0 radical (unpaired) electrons. The highest BCUT2D eigenvalue weighted by molar-refractivity contribution is 7.89. The number of pyridine rings is 1. The van der Waals surface area contributed by atoms with Crippen molar-refractivity contribution in [3.05, 3.63) is 24.1 Å². The predicted molar refractivity (Wildman–Crippen MR) is 64.4 cm³/mol. The quantitative estimate of drug-likeness (QED) is 0.817. The van der Waals surface area contributed by atoms with Crippen molar-refractivity contribution in [2.24, 2.45) is 0 Å². The second-order valence-electron chi connectivity index (χ2n) is 4.45. The number of rotatable bonds is 4. The van der Waals surface area contributed by atoms with Gasteiger partial charge in [-0.3, -0.25) is 0 Å². The van der Waals surface area contributed by atoms with E-state index >= 15 is 0 Å². The molecule has 1 aliphatic heterocycles. The summed E-state index contributed by atoms with van der Waals surface area (Å²) in [5.74, 6) is -0.921. The van der Waals surface area contributed by atoms with Crippen molar-refractivity contribution in [2.75, 3.05) is 19.8 Å². The minimum Gasteiger partial charge on any atom is -0.394 e. The molecule has 2 N–H and O–H groups in total. The molecular formula is C11H15FN2O4S. The van der Waals surface area contributed by atoms with Gasteiger partial charge in [0, 0.05) is 19.4 Å². The molecule has 106 valence electrons. The molecule has 1 saturated heterocycles. The van der Waals surface area contributed by atoms with Crippen molar-refractivity contribution < 1.29 is 22.7 Å². The van der Waals surface area contributed by atoms with Crippen LogP contribution in [0.4, 0.5) is 4.39 Å². The van der Waals surface area contributed by atoms with E-state index in [0.29, 0.717) is 26.1 Å². The lowest BCUT2D eigenvalue weighted by molar-refractivity contribution is 0.0222. The largest absolute Gasteiger partial charge is 0.394 e. The molecule has 0 bridgehead atoms. The Bertz CT molecular complexity index is 543. The number of aliphatic hydroxyl groups is 1. The van der Waals surface area contributed by atoms with Crippen LogP contribution in [-0.4, -0.2) is 43.9 Å². The fraction of sp³-hybridized carbons (Fsp3) is 0.545. The van der Waals surface area contributed by atoms with Crippen molar-refractivity contribution in [2.45, 2.75) is 23.4 Å². The summed E-state index contributed by atoms with van der Waals surface area (Å²) in [6.07, 6.45) is 1.86. The number of aliphatic hydroxyl groups excluding tert-OH is 1. The zero-order valence-corrected chi connectivity index (χ0v) is 11.0. The van der Waals surface area contributed by atoms with Gasteiger partial charge >= 0.3 is 0 Å². The number of hydrogen-bond acceptors (Lipinski definition) is 5. The first-order valence-electron chi connectivity index (χ1n) is 5.82. The van der Waals surface area contributed by atoms with Gasteiger partial charge in [-0.2, -0.15) is 0 Å². The number of nitrogens with one attached hydrogen (secondary N) is 1. The number of halogens is 1. The fourth-order valence-electron chi connectivity index (χ4n) is 1.96. The summed E-state index contributed by atoms with van der Waals surface area (Å²) >= 11 is 0. The first-order chi connectivity index (χ1) is 8.99. The van der Waals surface area contributed by atoms with E-state index in [1.807, 2.05) is 0 Å². The van der Waals surface area contributed by atoms with Crippen molar-refractivity contribution in [1.82, 2.24) is 9.71 Å². The van der Waals surface area contributed by atoms with Crippen molar-refractivity contribution in [3.63, 3.8) is 0 Å². The Morgan fingerprint density at radius 3 is 2.74 bits per heavy atom. The average molecular weight is 290 g/mol. The summed E-state index contributed by atoms with van der Waals surface area (Å²) in [5.41, 5.74) is -1.01. The van der Waals surface area contributed by atoms with Crippen LogP contribution in [0.25, 0.3) is 0 Å². The van der Waals surface area contributed by atoms with Gasteiger partial charge in [-0.25, -0.2) is 22.5 Å². The molecule has 19 heavy (non-hydrogen) atoms. The summed E-state index contributed by atoms with van der Waals surface area (Å²) in [4.78, 5) is 3.54. The second kappa shape index (κ2) is 5.49. The van der Waals surface area contributed by atoms with E-state index in [9.17, 15) is 17.9 Å². The lowest BCUT2D eigenvalue weighted by Crippen LogP contribution is -2.54. The van der Waals surface area contributed by atoms with Gasteiger partial charge in [-0.15, -0.1) is 0 Å². The molecule has 0 amide bonds. The molecule has 1 fully saturated rings. The molecule has 8 heteroatoms. The molecule has 6 nitrogen and oxygen atoms in total. The maximum Gasteiger partial charge on any atom is 0.261 e. The van der Waals surface area contributed by atoms with Crippen molar-refractivity contribution in [3.8, 4) is 0 Å². The van der Waals surface area contributed by atoms with Crippen LogP contribution in [0.2, 0.25) is 0 Å². The lowest BCUT2D eigenvalue weighted by Gasteiger charge is -2.35. The third-order valence-electron chi connectivity index (χ3n) is 3.08. The van der Waals surface area contributed by atoms with E-state index in [2.05, 4.69) is 9.71 Å². The van der Waals surface area contributed by atoms with Crippen molar-refractivity contribution >= 4 is 10.0 Å². The van der Waals surface area contributed by atoms with Crippen LogP contribution >= 0.6 is 0 Å². The average Bonchev–Trinajstić information content (AvgIpc) is 2.39. The molecule has 0 atom stereocenters. The van der Waals surface area contributed by atoms with Gasteiger partial charge < -0.3 is 9.84 Å². The van der Waals surface area contributed by atoms with Crippen LogP contribution in [0.3, 0.4) is 0 Å². The van der Waals surface area contributed by atoms with Gasteiger partial charge in [0.05, 0.1) is 12.1 Å². The molecule has 1 aliphatic rings. The first-order valence-corrected chi connectivity index (χ1v) is 7.31. The Balaban J connectivity index is 2.28. The fourth-order valence-corrected chi connectivity index (χ4v) is 3.42. The Hall–Kier alpha value is -1.09. The maximum absolute atomic E-state index is 13.5. The van der Waals surface area contributed by atoms with Crippen LogP contribution in [-0.2, 0) is 14.8 Å². The monoisotopic (exact) mass is 290 g/mol. The molecule has 2 rings (SSSR count). The zero-order valence-electron chi connectivity index (χ0n) is 10.2. The van der Waals surface area contributed by atoms with E-state index in [0.717, 1.165) is 6.07 Å². The minimum absolute atomic E-state index is 0.331. The molecule has 0 spiro atoms. The number of sulfonamides is 1. The van der Waals surface area contributed by atoms with E-state index in [1.165, 1.54) is 12.3 Å². The highest BCUT2D eigenvalue weighted by atomic mass is 32.2. The van der Waals surface area contributed by atoms with Crippen LogP contribution in [0.5, 0.6) is 0 Å². The number of hydrogen-bond donors (Lipinski definition) is 2. The van der Waals surface area contributed by atoms with Gasteiger partial charge in [-0.1, -0.05) is 0 Å². The second-order valence-corrected chi connectivity index (χ2v) is 6.04. The Morgan fingerprint density at radius 1 is 1.47 bits per heavy atom. The molecular weight excluding hydrogens is 275 g/mol. The summed E-state index contributed by atoms with van der Waals surface area (Å²) in [6.45, 7) is 0.311. The Morgan fingerprint density at radius 2 is 2.16 bits per heavy atom. The number of aromatic nitrogens is 1. The van der Waals surface area contributed by atoms with Gasteiger partial charge in [0.1, 0.15) is 0 Å². The van der Waals surface area contributed by atoms with Gasteiger partial charge in [0.25, 0.3) is 10.0 Å². The van der Waals surface area contributed by atoms with E-state index in [1.54, 1.807) is 0 Å². The summed E-state index contributed by atoms with van der Waals surface area (Å²) < 4.78 is 45.2. The van der Waals surface area contributed by atoms with Crippen molar-refractivity contribution in [1.29, 1.82) is 0 Å². The van der Waals surface area contributed by atoms with Gasteiger partial charge in [0.15, 0.2) is 5.82 Å². The predicted octanol–water partition coefficient (Wildman–Crippen LogP) is 0.0405. The zero-order chi connectivity index (χ0) is 13.9. The summed E-state index contributed by atoms with van der Waals surface area (Å²) in [6, 6.07) is 2.34. The van der Waals surface area contributed by atoms with E-state index in [-0.39, 0.29) is 6.61 Å². The van der Waals surface area contributed by atoms with Crippen LogP contribution < -0.4 is 4.72 Å². The van der Waals surface area contributed by atoms with Gasteiger partial charge in [-0.05, 0) is 25.0 Å². The molecule has 1 aromatic rings. The first kappa shape index (κ1) is 14.3. The van der Waals surface area contributed by atoms with Crippen LogP contribution in [0, 0.1) is 5.82 Å². The van der Waals surface area contributed by atoms with Crippen LogP contribution in [0.1, 0.15) is 12.8 Å². The molecule has 0 unspecified atom stereocenters. The third-order valence-corrected chi connectivity index (χ3v) is 4.59. The molecule has 0 aromatic carbocycles. The van der Waals surface area contributed by atoms with Gasteiger partial charge in [0.2, 0.25) is 5.03 Å². The van der Waals surface area contributed by atoms with Crippen LogP contribution in [0.15, 0.2) is 23.4 Å². The molecule has 2 heterocycles. The smallest absolute Gasteiger partial charge is 0.261 e. The summed E-state index contributed by atoms with van der Waals surface area (Å²) in [5, 5.41) is 8.77. The Kier molecular flexibility index (Phi) is 4.14.